The van der Waals surface area contributed by atoms with Crippen molar-refractivity contribution in [2.75, 3.05) is 13.1 Å². The van der Waals surface area contributed by atoms with Gasteiger partial charge in [0.25, 0.3) is 0 Å². The van der Waals surface area contributed by atoms with E-state index in [-0.39, 0.29) is 17.6 Å². The summed E-state index contributed by atoms with van der Waals surface area (Å²) in [6, 6.07) is 0.116. The van der Waals surface area contributed by atoms with Crippen molar-refractivity contribution in [2.45, 2.75) is 64.5 Å². The first kappa shape index (κ1) is 13.7. The molecule has 1 heterocycles. The van der Waals surface area contributed by atoms with Gasteiger partial charge in [0.05, 0.1) is 0 Å². The Bertz CT molecular complexity index is 316. The van der Waals surface area contributed by atoms with Crippen LogP contribution in [0.2, 0.25) is 0 Å². The number of likely N-dealkylation sites (tertiary alicyclic amines) is 1. The topological polar surface area (TPSA) is 55.6 Å². The van der Waals surface area contributed by atoms with Crippen molar-refractivity contribution in [1.82, 2.24) is 4.90 Å². The first-order valence-electron chi connectivity index (χ1n) is 7.06. The summed E-state index contributed by atoms with van der Waals surface area (Å²) < 4.78 is 5.44. The van der Waals surface area contributed by atoms with E-state index in [1.54, 1.807) is 4.90 Å². The standard InChI is InChI=1S/C14H26N2O2/c1-13(2,3)18-12(17)16-9-11(15)14(10-16)7-5-4-6-8-14/h11H,4-10,15H2,1-3H3. The molecule has 0 bridgehead atoms. The van der Waals surface area contributed by atoms with Gasteiger partial charge in [-0.2, -0.15) is 0 Å². The molecule has 0 aromatic carbocycles. The molecular formula is C14H26N2O2. The van der Waals surface area contributed by atoms with Crippen LogP contribution in [0.15, 0.2) is 0 Å². The third kappa shape index (κ3) is 2.79. The lowest BCUT2D eigenvalue weighted by atomic mass is 9.71. The molecule has 1 atom stereocenters. The second-order valence-electron chi connectivity index (χ2n) is 6.89. The van der Waals surface area contributed by atoms with E-state index in [0.29, 0.717) is 6.54 Å². The molecule has 4 nitrogen and oxygen atoms in total. The smallest absolute Gasteiger partial charge is 0.410 e. The summed E-state index contributed by atoms with van der Waals surface area (Å²) in [7, 11) is 0. The summed E-state index contributed by atoms with van der Waals surface area (Å²) in [4.78, 5) is 13.9. The average molecular weight is 254 g/mol. The Kier molecular flexibility index (Phi) is 3.58. The third-order valence-electron chi connectivity index (χ3n) is 4.21. The zero-order valence-corrected chi connectivity index (χ0v) is 11.9. The zero-order chi connectivity index (χ0) is 13.4. The highest BCUT2D eigenvalue weighted by atomic mass is 16.6. The Morgan fingerprint density at radius 3 is 2.44 bits per heavy atom. The maximum Gasteiger partial charge on any atom is 0.410 e. The molecule has 0 radical (unpaired) electrons. The van der Waals surface area contributed by atoms with Crippen LogP contribution in [-0.4, -0.2) is 35.7 Å². The van der Waals surface area contributed by atoms with Crippen molar-refractivity contribution in [3.63, 3.8) is 0 Å². The van der Waals surface area contributed by atoms with Gasteiger partial charge in [0.2, 0.25) is 0 Å². The molecule has 2 N–H and O–H groups in total. The number of carbonyl (C=O) groups is 1. The summed E-state index contributed by atoms with van der Waals surface area (Å²) >= 11 is 0. The predicted molar refractivity (Wildman–Crippen MR) is 71.3 cm³/mol. The van der Waals surface area contributed by atoms with Crippen LogP contribution in [0.3, 0.4) is 0 Å². The van der Waals surface area contributed by atoms with Crippen LogP contribution in [0.4, 0.5) is 4.79 Å². The van der Waals surface area contributed by atoms with Crippen molar-refractivity contribution >= 4 is 6.09 Å². The Hall–Kier alpha value is -0.770. The molecule has 1 spiro atoms. The fourth-order valence-electron chi connectivity index (χ4n) is 3.24. The first-order chi connectivity index (χ1) is 8.32. The van der Waals surface area contributed by atoms with E-state index >= 15 is 0 Å². The maximum absolute atomic E-state index is 12.1. The van der Waals surface area contributed by atoms with E-state index in [1.165, 1.54) is 19.3 Å². The normalized spacial score (nSPS) is 27.6. The number of hydrogen-bond donors (Lipinski definition) is 1. The number of rotatable bonds is 0. The summed E-state index contributed by atoms with van der Waals surface area (Å²) in [6.07, 6.45) is 5.91. The Balaban J connectivity index is 1.99. The van der Waals surface area contributed by atoms with E-state index in [4.69, 9.17) is 10.5 Å². The van der Waals surface area contributed by atoms with E-state index in [1.807, 2.05) is 20.8 Å². The summed E-state index contributed by atoms with van der Waals surface area (Å²) in [6.45, 7) is 7.13. The van der Waals surface area contributed by atoms with Crippen molar-refractivity contribution in [3.8, 4) is 0 Å². The van der Waals surface area contributed by atoms with Gasteiger partial charge in [0.15, 0.2) is 0 Å². The van der Waals surface area contributed by atoms with Crippen molar-refractivity contribution in [1.29, 1.82) is 0 Å². The van der Waals surface area contributed by atoms with Crippen LogP contribution in [0.1, 0.15) is 52.9 Å². The fourth-order valence-corrected chi connectivity index (χ4v) is 3.24. The Labute approximate surface area is 110 Å². The molecule has 4 heteroatoms. The maximum atomic E-state index is 12.1. The molecule has 1 saturated carbocycles. The lowest BCUT2D eigenvalue weighted by Crippen LogP contribution is -2.41. The molecule has 1 amide bonds. The van der Waals surface area contributed by atoms with Gasteiger partial charge in [0.1, 0.15) is 5.60 Å². The van der Waals surface area contributed by atoms with E-state index in [2.05, 4.69) is 0 Å². The minimum Gasteiger partial charge on any atom is -0.444 e. The molecule has 2 rings (SSSR count). The highest BCUT2D eigenvalue weighted by Crippen LogP contribution is 2.43. The van der Waals surface area contributed by atoms with Gasteiger partial charge >= 0.3 is 6.09 Å². The molecular weight excluding hydrogens is 228 g/mol. The minimum atomic E-state index is -0.427. The highest BCUT2D eigenvalue weighted by molar-refractivity contribution is 5.68. The number of hydrogen-bond acceptors (Lipinski definition) is 3. The molecule has 0 aromatic heterocycles. The summed E-state index contributed by atoms with van der Waals surface area (Å²) in [5.74, 6) is 0. The first-order valence-corrected chi connectivity index (χ1v) is 7.06. The van der Waals surface area contributed by atoms with Gasteiger partial charge < -0.3 is 15.4 Å². The van der Waals surface area contributed by atoms with E-state index in [0.717, 1.165) is 19.4 Å². The number of carbonyl (C=O) groups excluding carboxylic acids is 1. The molecule has 104 valence electrons. The van der Waals surface area contributed by atoms with Crippen LogP contribution in [0, 0.1) is 5.41 Å². The predicted octanol–water partition coefficient (Wildman–Crippen LogP) is 2.51. The van der Waals surface area contributed by atoms with Crippen molar-refractivity contribution in [2.24, 2.45) is 11.1 Å². The van der Waals surface area contributed by atoms with Crippen LogP contribution in [-0.2, 0) is 4.74 Å². The van der Waals surface area contributed by atoms with Crippen LogP contribution < -0.4 is 5.73 Å². The van der Waals surface area contributed by atoms with Crippen LogP contribution in [0.5, 0.6) is 0 Å². The van der Waals surface area contributed by atoms with Gasteiger partial charge in [-0.3, -0.25) is 0 Å². The minimum absolute atomic E-state index is 0.116. The fraction of sp³-hybridized carbons (Fsp3) is 0.929. The Morgan fingerprint density at radius 2 is 1.89 bits per heavy atom. The SMILES string of the molecule is CC(C)(C)OC(=O)N1CC(N)C2(CCCCC2)C1. The van der Waals surface area contributed by atoms with Crippen LogP contribution >= 0.6 is 0 Å². The van der Waals surface area contributed by atoms with Crippen molar-refractivity contribution < 1.29 is 9.53 Å². The van der Waals surface area contributed by atoms with Gasteiger partial charge in [-0.05, 0) is 33.6 Å². The molecule has 1 unspecified atom stereocenters. The van der Waals surface area contributed by atoms with Gasteiger partial charge in [-0.25, -0.2) is 4.79 Å². The lowest BCUT2D eigenvalue weighted by molar-refractivity contribution is 0.0262. The Morgan fingerprint density at radius 1 is 1.28 bits per heavy atom. The number of nitrogens with two attached hydrogens (primary N) is 1. The third-order valence-corrected chi connectivity index (χ3v) is 4.21. The van der Waals surface area contributed by atoms with Crippen LogP contribution in [0.25, 0.3) is 0 Å². The lowest BCUT2D eigenvalue weighted by Gasteiger charge is -2.36. The average Bonchev–Trinajstić information content (AvgIpc) is 2.56. The summed E-state index contributed by atoms with van der Waals surface area (Å²) in [5.41, 5.74) is 6.02. The second-order valence-corrected chi connectivity index (χ2v) is 6.89. The highest BCUT2D eigenvalue weighted by Gasteiger charge is 2.47. The molecule has 0 aromatic rings. The van der Waals surface area contributed by atoms with E-state index < -0.39 is 5.60 Å². The number of nitrogens with zero attached hydrogens (tertiary/aromatic N) is 1. The number of ether oxygens (including phenoxy) is 1. The molecule has 1 aliphatic carbocycles. The monoisotopic (exact) mass is 254 g/mol. The summed E-state index contributed by atoms with van der Waals surface area (Å²) in [5, 5.41) is 0. The molecule has 1 saturated heterocycles. The molecule has 1 aliphatic heterocycles. The van der Waals surface area contributed by atoms with E-state index in [9.17, 15) is 4.79 Å². The van der Waals surface area contributed by atoms with Crippen molar-refractivity contribution in [3.05, 3.63) is 0 Å². The largest absolute Gasteiger partial charge is 0.444 e. The number of amides is 1. The molecule has 18 heavy (non-hydrogen) atoms. The molecule has 2 fully saturated rings. The zero-order valence-electron chi connectivity index (χ0n) is 11.9. The second kappa shape index (κ2) is 4.72. The van der Waals surface area contributed by atoms with Gasteiger partial charge in [-0.15, -0.1) is 0 Å². The van der Waals surface area contributed by atoms with Gasteiger partial charge in [-0.1, -0.05) is 19.3 Å². The molecule has 2 aliphatic rings. The van der Waals surface area contributed by atoms with Gasteiger partial charge in [0, 0.05) is 24.5 Å². The quantitative estimate of drug-likeness (QED) is 0.722.